The molecule has 0 saturated carbocycles. The molecule has 1 N–H and O–H groups in total. The molecule has 11 aromatic rings. The van der Waals surface area contributed by atoms with Gasteiger partial charge < -0.3 is 14.3 Å². The first kappa shape index (κ1) is 61.0. The van der Waals surface area contributed by atoms with Crippen molar-refractivity contribution in [3.05, 3.63) is 226 Å². The summed E-state index contributed by atoms with van der Waals surface area (Å²) in [6, 6.07) is 29.1. The number of nitrogens with one attached hydrogen (secondary N) is 1. The van der Waals surface area contributed by atoms with Gasteiger partial charge in [0.05, 0.1) is 42.4 Å². The highest BCUT2D eigenvalue weighted by molar-refractivity contribution is 9.10. The minimum atomic E-state index is -4.14. The average molecular weight is 1280 g/mol. The standard InChI is InChI=1S/C21H22BF2NO4S.C15H10BrF2NO2S.C15H11F2NO2S.C8H5F2N/c1-13-6-8-15(9-7-13)30(26,27)25-12-17(16-10-14(23)11-18(24)19(16)25)22-28-20(2,3)21(4,5)29-22;1-9-2-4-11(5-3-9)22(20,21)19-8-13(16)12-6-10(17)7-14(18)15(12)19;1-10-2-4-13(5-3-10)21(19,20)18-7-6-11-8-12(16)9-14(17)15(11)18;9-6-3-5-1-2-11-8(5)7(10)4-6/h6-12H,1-5H3;2-8H,1H3;2-9H,1H3;1-4,11H. The number of rotatable bonds is 7. The van der Waals surface area contributed by atoms with Crippen molar-refractivity contribution in [2.24, 2.45) is 0 Å². The van der Waals surface area contributed by atoms with E-state index in [2.05, 4.69) is 20.9 Å². The quantitative estimate of drug-likeness (QED) is 0.122. The largest absolute Gasteiger partial charge is 0.497 e. The molecule has 0 atom stereocenters. The van der Waals surface area contributed by atoms with Gasteiger partial charge in [-0.3, -0.25) is 0 Å². The summed E-state index contributed by atoms with van der Waals surface area (Å²) in [4.78, 5) is 2.75. The summed E-state index contributed by atoms with van der Waals surface area (Å²) in [6.07, 6.45) is 5.28. The van der Waals surface area contributed by atoms with Crippen molar-refractivity contribution in [1.82, 2.24) is 16.9 Å². The smallest absolute Gasteiger partial charge is 0.399 e. The molecular weight excluding hydrogens is 1230 g/mol. The molecule has 0 bridgehead atoms. The van der Waals surface area contributed by atoms with Crippen LogP contribution >= 0.6 is 15.9 Å². The lowest BCUT2D eigenvalue weighted by Gasteiger charge is -2.32. The summed E-state index contributed by atoms with van der Waals surface area (Å²) >= 11 is 3.14. The van der Waals surface area contributed by atoms with Crippen molar-refractivity contribution >= 4 is 102 Å². The number of fused-ring (bicyclic) bond motifs is 4. The number of aryl methyl sites for hydroxylation is 3. The Morgan fingerprint density at radius 2 is 0.833 bits per heavy atom. The molecule has 5 heterocycles. The van der Waals surface area contributed by atoms with Gasteiger partial charge in [-0.1, -0.05) is 53.1 Å². The Kier molecular flexibility index (Phi) is 16.6. The maximum absolute atomic E-state index is 14.8. The van der Waals surface area contributed by atoms with Gasteiger partial charge in [0, 0.05) is 80.5 Å². The average Bonchev–Trinajstić information content (AvgIpc) is 1.82. The Balaban J connectivity index is 0.000000141. The molecule has 84 heavy (non-hydrogen) atoms. The maximum Gasteiger partial charge on any atom is 0.497 e. The van der Waals surface area contributed by atoms with E-state index in [0.717, 1.165) is 52.9 Å². The summed E-state index contributed by atoms with van der Waals surface area (Å²) in [5.74, 6) is -6.25. The third kappa shape index (κ3) is 11.8. The zero-order chi connectivity index (χ0) is 61.2. The Labute approximate surface area is 486 Å². The molecule has 0 amide bonds. The molecule has 25 heteroatoms. The fourth-order valence-electron chi connectivity index (χ4n) is 8.95. The first-order chi connectivity index (χ1) is 39.3. The molecule has 1 saturated heterocycles. The molecule has 0 aliphatic carbocycles. The van der Waals surface area contributed by atoms with E-state index in [9.17, 15) is 60.4 Å². The SMILES string of the molecule is Cc1ccc(S(=O)(=O)n2cc(B3OC(C)(C)C(C)(C)O3)c3cc(F)cc(F)c32)cc1.Cc1ccc(S(=O)(=O)n2cc(Br)c3cc(F)cc(F)c32)cc1.Cc1ccc(S(=O)(=O)n2ccc3cc(F)cc(F)c32)cc1.Fc1cc(F)c2[nH]ccc2c1. The number of hydrogen-bond acceptors (Lipinski definition) is 8. The van der Waals surface area contributed by atoms with E-state index in [4.69, 9.17) is 9.31 Å². The van der Waals surface area contributed by atoms with Gasteiger partial charge in [-0.25, -0.2) is 72.3 Å². The second-order valence-corrected chi connectivity index (χ2v) is 26.8. The van der Waals surface area contributed by atoms with Crippen molar-refractivity contribution in [3.63, 3.8) is 0 Å². The van der Waals surface area contributed by atoms with Crippen LogP contribution in [0.1, 0.15) is 44.4 Å². The summed E-state index contributed by atoms with van der Waals surface area (Å²) in [5, 5.41) is 1.00. The lowest BCUT2D eigenvalue weighted by Crippen LogP contribution is -2.41. The molecule has 0 radical (unpaired) electrons. The lowest BCUT2D eigenvalue weighted by atomic mass is 9.79. The second-order valence-electron chi connectivity index (χ2n) is 20.5. The van der Waals surface area contributed by atoms with Crippen LogP contribution in [0.2, 0.25) is 0 Å². The number of halogens is 9. The molecule has 436 valence electrons. The molecule has 1 aliphatic heterocycles. The van der Waals surface area contributed by atoms with E-state index in [1.54, 1.807) is 48.7 Å². The summed E-state index contributed by atoms with van der Waals surface area (Å²) < 4.78 is 201. The number of benzene rings is 7. The Morgan fingerprint density at radius 3 is 1.31 bits per heavy atom. The summed E-state index contributed by atoms with van der Waals surface area (Å²) in [6.45, 7) is 12.9. The predicted octanol–water partition coefficient (Wildman–Crippen LogP) is 13.9. The van der Waals surface area contributed by atoms with Crippen molar-refractivity contribution in [2.45, 2.75) is 74.4 Å². The Hall–Kier alpha value is -7.55. The first-order valence-electron chi connectivity index (χ1n) is 25.2. The third-order valence-electron chi connectivity index (χ3n) is 14.0. The van der Waals surface area contributed by atoms with Crippen LogP contribution in [0.3, 0.4) is 0 Å². The molecular formula is C59H48BBrF8N4O8S3. The molecule has 4 aromatic heterocycles. The second kappa shape index (κ2) is 22.8. The molecule has 12 rings (SSSR count). The van der Waals surface area contributed by atoms with Gasteiger partial charge in [0.1, 0.15) is 34.6 Å². The summed E-state index contributed by atoms with van der Waals surface area (Å²) in [7, 11) is -13.0. The minimum Gasteiger partial charge on any atom is -0.399 e. The highest BCUT2D eigenvalue weighted by Gasteiger charge is 2.53. The minimum absolute atomic E-state index is 0.00538. The molecule has 1 fully saturated rings. The van der Waals surface area contributed by atoms with E-state index in [0.29, 0.717) is 33.6 Å². The van der Waals surface area contributed by atoms with E-state index >= 15 is 0 Å². The first-order valence-corrected chi connectivity index (χ1v) is 30.3. The van der Waals surface area contributed by atoms with Gasteiger partial charge in [0.25, 0.3) is 30.1 Å². The number of H-pyrrole nitrogens is 1. The van der Waals surface area contributed by atoms with E-state index in [1.165, 1.54) is 67.1 Å². The highest BCUT2D eigenvalue weighted by Crippen LogP contribution is 2.38. The predicted molar refractivity (Wildman–Crippen MR) is 308 cm³/mol. The normalized spacial score (nSPS) is 14.1. The van der Waals surface area contributed by atoms with Gasteiger partial charge >= 0.3 is 7.12 Å². The van der Waals surface area contributed by atoms with Crippen LogP contribution in [-0.4, -0.2) is 60.5 Å². The van der Waals surface area contributed by atoms with Gasteiger partial charge in [0.2, 0.25) is 0 Å². The number of nitrogens with zero attached hydrogens (tertiary/aromatic N) is 3. The van der Waals surface area contributed by atoms with E-state index in [-0.39, 0.29) is 52.9 Å². The lowest BCUT2D eigenvalue weighted by molar-refractivity contribution is 0.00578. The maximum atomic E-state index is 14.8. The van der Waals surface area contributed by atoms with Crippen LogP contribution in [-0.2, 0) is 39.4 Å². The summed E-state index contributed by atoms with van der Waals surface area (Å²) in [5.41, 5.74) is 1.32. The van der Waals surface area contributed by atoms with Crippen molar-refractivity contribution in [1.29, 1.82) is 0 Å². The molecule has 12 nitrogen and oxygen atoms in total. The van der Waals surface area contributed by atoms with Crippen LogP contribution in [0.25, 0.3) is 43.6 Å². The monoisotopic (exact) mass is 1280 g/mol. The Bertz CT molecular complexity index is 4690. The molecule has 0 spiro atoms. The zero-order valence-electron chi connectivity index (χ0n) is 45.3. The van der Waals surface area contributed by atoms with Gasteiger partial charge in [-0.2, -0.15) is 0 Å². The topological polar surface area (TPSA) is 151 Å². The van der Waals surface area contributed by atoms with Crippen LogP contribution in [0.5, 0.6) is 0 Å². The van der Waals surface area contributed by atoms with Crippen LogP contribution in [0, 0.1) is 67.3 Å². The number of hydrogen-bond donors (Lipinski definition) is 1. The molecule has 7 aromatic carbocycles. The van der Waals surface area contributed by atoms with Gasteiger partial charge in [-0.05, 0) is 137 Å². The van der Waals surface area contributed by atoms with Gasteiger partial charge in [0.15, 0.2) is 17.5 Å². The van der Waals surface area contributed by atoms with Gasteiger partial charge in [-0.15, -0.1) is 0 Å². The number of aromatic nitrogens is 4. The van der Waals surface area contributed by atoms with Crippen molar-refractivity contribution < 1.29 is 69.7 Å². The van der Waals surface area contributed by atoms with Crippen LogP contribution in [0.4, 0.5) is 35.1 Å². The fourth-order valence-corrected chi connectivity index (χ4v) is 13.7. The van der Waals surface area contributed by atoms with E-state index < -0.39 is 94.9 Å². The van der Waals surface area contributed by atoms with Crippen LogP contribution in [0.15, 0.2) is 177 Å². The van der Waals surface area contributed by atoms with E-state index in [1.807, 2.05) is 48.5 Å². The zero-order valence-corrected chi connectivity index (χ0v) is 49.4. The third-order valence-corrected chi connectivity index (χ3v) is 19.7. The van der Waals surface area contributed by atoms with Crippen molar-refractivity contribution in [3.8, 4) is 0 Å². The molecule has 0 unspecified atom stereocenters. The Morgan fingerprint density at radius 1 is 0.452 bits per heavy atom. The van der Waals surface area contributed by atoms with Crippen molar-refractivity contribution in [2.75, 3.05) is 0 Å². The fraction of sp³-hybridized carbons (Fsp3) is 0.153. The molecule has 1 aliphatic rings. The number of aromatic amines is 1. The van der Waals surface area contributed by atoms with Crippen LogP contribution < -0.4 is 5.46 Å². The highest BCUT2D eigenvalue weighted by atomic mass is 79.9.